The Bertz CT molecular complexity index is 870. The molecule has 2 fully saturated rings. The second-order valence-corrected chi connectivity index (χ2v) is 9.06. The van der Waals surface area contributed by atoms with E-state index in [0.717, 1.165) is 77.1 Å². The van der Waals surface area contributed by atoms with E-state index < -0.39 is 0 Å². The Labute approximate surface area is 195 Å². The Hall–Kier alpha value is -2.29. The van der Waals surface area contributed by atoms with Crippen LogP contribution in [0.2, 0.25) is 0 Å². The number of nitrogens with zero attached hydrogens (tertiary/aromatic N) is 2. The fraction of sp³-hybridized carbons (Fsp3) is 0.600. The molecule has 0 bridgehead atoms. The molecular weight excluding hydrogens is 421 g/mol. The summed E-state index contributed by atoms with van der Waals surface area (Å²) in [5.74, 6) is 0.944. The summed E-state index contributed by atoms with van der Waals surface area (Å²) in [5, 5.41) is 10.5. The fourth-order valence-corrected chi connectivity index (χ4v) is 4.63. The zero-order valence-corrected chi connectivity index (χ0v) is 19.5. The maximum Gasteiger partial charge on any atom is 0.151 e. The Kier molecular flexibility index (Phi) is 8.86. The summed E-state index contributed by atoms with van der Waals surface area (Å²) in [6.07, 6.45) is 9.50. The average Bonchev–Trinajstić information content (AvgIpc) is 2.86. The van der Waals surface area contributed by atoms with E-state index in [9.17, 15) is 4.39 Å². The van der Waals surface area contributed by atoms with Crippen molar-refractivity contribution < 1.29 is 13.9 Å². The Morgan fingerprint density at radius 3 is 2.64 bits per heavy atom. The van der Waals surface area contributed by atoms with Crippen LogP contribution in [0.15, 0.2) is 30.6 Å². The van der Waals surface area contributed by atoms with Crippen molar-refractivity contribution in [2.45, 2.75) is 50.6 Å². The molecule has 0 aromatic carbocycles. The first-order valence-corrected chi connectivity index (χ1v) is 12.1. The second kappa shape index (κ2) is 12.3. The summed E-state index contributed by atoms with van der Waals surface area (Å²) in [6, 6.07) is 6.51. The molecule has 180 valence electrons. The van der Waals surface area contributed by atoms with Gasteiger partial charge in [-0.05, 0) is 62.6 Å². The van der Waals surface area contributed by atoms with Crippen molar-refractivity contribution in [3.8, 4) is 11.3 Å². The molecule has 3 heterocycles. The molecule has 0 radical (unpaired) electrons. The van der Waals surface area contributed by atoms with E-state index in [-0.39, 0.29) is 5.82 Å². The first-order chi connectivity index (χ1) is 16.2. The van der Waals surface area contributed by atoms with Crippen molar-refractivity contribution >= 4 is 11.5 Å². The van der Waals surface area contributed by atoms with Crippen LogP contribution in [0.3, 0.4) is 0 Å². The van der Waals surface area contributed by atoms with Crippen LogP contribution >= 0.6 is 0 Å². The molecule has 1 saturated heterocycles. The number of pyridine rings is 2. The molecule has 4 rings (SSSR count). The second-order valence-electron chi connectivity index (χ2n) is 9.06. The number of ether oxygens (including phenoxy) is 2. The minimum atomic E-state index is -0.360. The largest absolute Gasteiger partial charge is 0.385 e. The molecule has 0 unspecified atom stereocenters. The molecule has 2 aliphatic rings. The number of hydrogen-bond acceptors (Lipinski definition) is 7. The van der Waals surface area contributed by atoms with Gasteiger partial charge in [-0.3, -0.25) is 4.98 Å². The third-order valence-electron chi connectivity index (χ3n) is 6.65. The normalized spacial score (nSPS) is 21.6. The van der Waals surface area contributed by atoms with Gasteiger partial charge >= 0.3 is 0 Å². The number of aromatic nitrogens is 2. The monoisotopic (exact) mass is 457 g/mol. The molecule has 0 amide bonds. The van der Waals surface area contributed by atoms with Crippen LogP contribution < -0.4 is 16.0 Å². The molecular formula is C25H36FN5O2. The minimum absolute atomic E-state index is 0.344. The van der Waals surface area contributed by atoms with E-state index in [1.54, 1.807) is 19.4 Å². The summed E-state index contributed by atoms with van der Waals surface area (Å²) < 4.78 is 25.2. The van der Waals surface area contributed by atoms with Crippen molar-refractivity contribution in [3.05, 3.63) is 36.4 Å². The minimum Gasteiger partial charge on any atom is -0.385 e. The van der Waals surface area contributed by atoms with E-state index in [4.69, 9.17) is 9.47 Å². The van der Waals surface area contributed by atoms with Crippen LogP contribution in [0, 0.1) is 11.7 Å². The van der Waals surface area contributed by atoms with Crippen LogP contribution in [-0.2, 0) is 9.47 Å². The SMILES string of the molecule is COCCNC1CCC(Nc2cc(-c3cc(NCC4CCOCC4)ccn3)c(F)cn2)CC1. The Morgan fingerprint density at radius 2 is 1.85 bits per heavy atom. The van der Waals surface area contributed by atoms with Gasteiger partial charge in [0.05, 0.1) is 18.5 Å². The highest BCUT2D eigenvalue weighted by Gasteiger charge is 2.21. The molecule has 2 aromatic heterocycles. The lowest BCUT2D eigenvalue weighted by Gasteiger charge is -2.30. The first kappa shape index (κ1) is 23.9. The topological polar surface area (TPSA) is 80.3 Å². The van der Waals surface area contributed by atoms with E-state index in [1.807, 2.05) is 12.1 Å². The number of hydrogen-bond donors (Lipinski definition) is 3. The molecule has 1 aliphatic heterocycles. The van der Waals surface area contributed by atoms with Crippen molar-refractivity contribution in [2.75, 3.05) is 50.7 Å². The number of anilines is 2. The summed E-state index contributed by atoms with van der Waals surface area (Å²) in [5.41, 5.74) is 2.04. The number of halogens is 1. The van der Waals surface area contributed by atoms with Crippen LogP contribution in [0.4, 0.5) is 15.9 Å². The predicted molar refractivity (Wildman–Crippen MR) is 129 cm³/mol. The van der Waals surface area contributed by atoms with Gasteiger partial charge in [0.1, 0.15) is 5.82 Å². The van der Waals surface area contributed by atoms with Gasteiger partial charge in [0.25, 0.3) is 0 Å². The van der Waals surface area contributed by atoms with E-state index >= 15 is 0 Å². The Balaban J connectivity index is 1.34. The summed E-state index contributed by atoms with van der Waals surface area (Å²) in [7, 11) is 1.72. The van der Waals surface area contributed by atoms with E-state index in [0.29, 0.717) is 35.1 Å². The Morgan fingerprint density at radius 1 is 1.06 bits per heavy atom. The molecule has 1 aliphatic carbocycles. The summed E-state index contributed by atoms with van der Waals surface area (Å²) in [6.45, 7) is 4.18. The van der Waals surface area contributed by atoms with Gasteiger partial charge in [0.15, 0.2) is 5.82 Å². The zero-order valence-electron chi connectivity index (χ0n) is 19.5. The molecule has 33 heavy (non-hydrogen) atoms. The van der Waals surface area contributed by atoms with Gasteiger partial charge < -0.3 is 25.4 Å². The number of methoxy groups -OCH3 is 1. The van der Waals surface area contributed by atoms with E-state index in [1.165, 1.54) is 6.20 Å². The predicted octanol–water partition coefficient (Wildman–Crippen LogP) is 4.08. The maximum atomic E-state index is 14.7. The molecule has 0 atom stereocenters. The molecule has 8 heteroatoms. The highest BCUT2D eigenvalue weighted by Crippen LogP contribution is 2.27. The van der Waals surface area contributed by atoms with Gasteiger partial charge in [-0.15, -0.1) is 0 Å². The maximum absolute atomic E-state index is 14.7. The van der Waals surface area contributed by atoms with Crippen molar-refractivity contribution in [1.29, 1.82) is 0 Å². The highest BCUT2D eigenvalue weighted by atomic mass is 19.1. The van der Waals surface area contributed by atoms with Crippen molar-refractivity contribution in [2.24, 2.45) is 5.92 Å². The lowest BCUT2D eigenvalue weighted by atomic mass is 9.91. The van der Waals surface area contributed by atoms with Gasteiger partial charge in [-0.25, -0.2) is 9.37 Å². The van der Waals surface area contributed by atoms with Gasteiger partial charge in [-0.1, -0.05) is 0 Å². The quantitative estimate of drug-likeness (QED) is 0.464. The van der Waals surface area contributed by atoms with Crippen LogP contribution in [0.5, 0.6) is 0 Å². The molecule has 2 aromatic rings. The average molecular weight is 458 g/mol. The first-order valence-electron chi connectivity index (χ1n) is 12.1. The van der Waals surface area contributed by atoms with Crippen molar-refractivity contribution in [1.82, 2.24) is 15.3 Å². The molecule has 3 N–H and O–H groups in total. The van der Waals surface area contributed by atoms with Crippen LogP contribution in [0.25, 0.3) is 11.3 Å². The van der Waals surface area contributed by atoms with Crippen molar-refractivity contribution in [3.63, 3.8) is 0 Å². The number of nitrogens with one attached hydrogen (secondary N) is 3. The molecule has 0 spiro atoms. The number of rotatable bonds is 10. The van der Waals surface area contributed by atoms with Gasteiger partial charge in [0, 0.05) is 62.9 Å². The molecule has 1 saturated carbocycles. The summed E-state index contributed by atoms with van der Waals surface area (Å²) in [4.78, 5) is 8.71. The lowest BCUT2D eigenvalue weighted by Crippen LogP contribution is -2.38. The standard InChI is InChI=1S/C25H36FN5O2/c1-32-13-10-27-19-2-4-20(5-3-19)31-25-15-22(23(26)17-30-25)24-14-21(6-9-28-24)29-16-18-7-11-33-12-8-18/h6,9,14-15,17-20,27H,2-5,7-8,10-13,16H2,1H3,(H,28,29)(H,30,31). The van der Waals surface area contributed by atoms with Crippen LogP contribution in [-0.4, -0.2) is 62.1 Å². The fourth-order valence-electron chi connectivity index (χ4n) is 4.63. The smallest absolute Gasteiger partial charge is 0.151 e. The third-order valence-corrected chi connectivity index (χ3v) is 6.65. The molecule has 7 nitrogen and oxygen atoms in total. The zero-order chi connectivity index (χ0) is 22.9. The van der Waals surface area contributed by atoms with Gasteiger partial charge in [-0.2, -0.15) is 0 Å². The third kappa shape index (κ3) is 7.09. The van der Waals surface area contributed by atoms with E-state index in [2.05, 4.69) is 25.9 Å². The summed E-state index contributed by atoms with van der Waals surface area (Å²) >= 11 is 0. The van der Waals surface area contributed by atoms with Gasteiger partial charge in [0.2, 0.25) is 0 Å². The lowest BCUT2D eigenvalue weighted by molar-refractivity contribution is 0.0699. The highest BCUT2D eigenvalue weighted by molar-refractivity contribution is 5.67. The van der Waals surface area contributed by atoms with Crippen LogP contribution in [0.1, 0.15) is 38.5 Å².